The highest BCUT2D eigenvalue weighted by Gasteiger charge is 2.19. The van der Waals surface area contributed by atoms with Crippen LogP contribution in [-0.2, 0) is 0 Å². The summed E-state index contributed by atoms with van der Waals surface area (Å²) >= 11 is 9.73. The van der Waals surface area contributed by atoms with Gasteiger partial charge in [-0.05, 0) is 40.8 Å². The van der Waals surface area contributed by atoms with Crippen molar-refractivity contribution in [2.45, 2.75) is 50.3 Å². The number of alkyl halides is 1. The molecule has 1 nitrogen and oxygen atoms in total. The summed E-state index contributed by atoms with van der Waals surface area (Å²) in [7, 11) is 1.55. The molecule has 1 aromatic rings. The Kier molecular flexibility index (Phi) is 6.16. The van der Waals surface area contributed by atoms with Crippen LogP contribution in [0.4, 0.5) is 4.39 Å². The largest absolute Gasteiger partial charge is 0.496 e. The standard InChI is InChI=1S/C16H21BrClFO/c1-20-16-10-15(19)13(17)9-12(16)14(18)8-7-11-5-3-2-4-6-11/h9-11,14H,2-8H2,1H3. The average Bonchev–Trinajstić information content (AvgIpc) is 2.48. The SMILES string of the molecule is COc1cc(F)c(Br)cc1C(Cl)CCC1CCCCC1. The van der Waals surface area contributed by atoms with Gasteiger partial charge < -0.3 is 4.74 Å². The second kappa shape index (κ2) is 7.65. The summed E-state index contributed by atoms with van der Waals surface area (Å²) in [6.45, 7) is 0. The summed E-state index contributed by atoms with van der Waals surface area (Å²) in [5, 5.41) is -0.122. The molecular formula is C16H21BrClFO. The highest BCUT2D eigenvalue weighted by Crippen LogP contribution is 2.38. The monoisotopic (exact) mass is 362 g/mol. The molecular weight excluding hydrogens is 343 g/mol. The van der Waals surface area contributed by atoms with Crippen molar-refractivity contribution in [3.8, 4) is 5.75 Å². The van der Waals surface area contributed by atoms with Crippen LogP contribution in [0.15, 0.2) is 16.6 Å². The zero-order chi connectivity index (χ0) is 14.5. The maximum atomic E-state index is 13.5. The van der Waals surface area contributed by atoms with Gasteiger partial charge in [-0.1, -0.05) is 32.1 Å². The Morgan fingerprint density at radius 1 is 1.35 bits per heavy atom. The highest BCUT2D eigenvalue weighted by atomic mass is 79.9. The molecule has 1 fully saturated rings. The fraction of sp³-hybridized carbons (Fsp3) is 0.625. The first kappa shape index (κ1) is 16.1. The molecule has 112 valence electrons. The Labute approximate surface area is 134 Å². The van der Waals surface area contributed by atoms with Crippen LogP contribution in [0.2, 0.25) is 0 Å². The molecule has 0 bridgehead atoms. The van der Waals surface area contributed by atoms with Crippen LogP contribution in [0.1, 0.15) is 55.9 Å². The first-order valence-electron chi connectivity index (χ1n) is 7.28. The van der Waals surface area contributed by atoms with E-state index in [9.17, 15) is 4.39 Å². The van der Waals surface area contributed by atoms with Gasteiger partial charge in [0, 0.05) is 11.6 Å². The lowest BCUT2D eigenvalue weighted by Crippen LogP contribution is -2.07. The van der Waals surface area contributed by atoms with Crippen molar-refractivity contribution < 1.29 is 9.13 Å². The van der Waals surface area contributed by atoms with E-state index >= 15 is 0 Å². The summed E-state index contributed by atoms with van der Waals surface area (Å²) in [5.74, 6) is 1.02. The Bertz CT molecular complexity index is 446. The van der Waals surface area contributed by atoms with E-state index in [2.05, 4.69) is 15.9 Å². The van der Waals surface area contributed by atoms with Gasteiger partial charge in [-0.2, -0.15) is 0 Å². The molecule has 4 heteroatoms. The van der Waals surface area contributed by atoms with Gasteiger partial charge in [0.15, 0.2) is 0 Å². The first-order chi connectivity index (χ1) is 9.61. The first-order valence-corrected chi connectivity index (χ1v) is 8.51. The zero-order valence-corrected chi connectivity index (χ0v) is 14.1. The molecule has 2 rings (SSSR count). The summed E-state index contributed by atoms with van der Waals surface area (Å²) in [6.07, 6.45) is 8.79. The van der Waals surface area contributed by atoms with Crippen molar-refractivity contribution in [3.63, 3.8) is 0 Å². The van der Waals surface area contributed by atoms with Crippen LogP contribution in [0.25, 0.3) is 0 Å². The lowest BCUT2D eigenvalue weighted by Gasteiger charge is -2.23. The van der Waals surface area contributed by atoms with E-state index in [-0.39, 0.29) is 11.2 Å². The minimum Gasteiger partial charge on any atom is -0.496 e. The third kappa shape index (κ3) is 4.11. The molecule has 1 aromatic carbocycles. The molecule has 1 aliphatic carbocycles. The van der Waals surface area contributed by atoms with E-state index in [1.165, 1.54) is 38.2 Å². The molecule has 1 atom stereocenters. The smallest absolute Gasteiger partial charge is 0.141 e. The molecule has 1 saturated carbocycles. The van der Waals surface area contributed by atoms with Gasteiger partial charge in [-0.15, -0.1) is 11.6 Å². The molecule has 0 saturated heterocycles. The number of halogens is 3. The van der Waals surface area contributed by atoms with Crippen molar-refractivity contribution in [1.29, 1.82) is 0 Å². The summed E-state index contributed by atoms with van der Waals surface area (Å²) in [4.78, 5) is 0. The summed E-state index contributed by atoms with van der Waals surface area (Å²) < 4.78 is 19.2. The van der Waals surface area contributed by atoms with Crippen molar-refractivity contribution in [1.82, 2.24) is 0 Å². The molecule has 1 unspecified atom stereocenters. The maximum Gasteiger partial charge on any atom is 0.141 e. The van der Waals surface area contributed by atoms with E-state index in [1.807, 2.05) is 0 Å². The van der Waals surface area contributed by atoms with Crippen molar-refractivity contribution >= 4 is 27.5 Å². The highest BCUT2D eigenvalue weighted by molar-refractivity contribution is 9.10. The van der Waals surface area contributed by atoms with Crippen molar-refractivity contribution in [2.24, 2.45) is 5.92 Å². The van der Waals surface area contributed by atoms with Crippen LogP contribution in [0.3, 0.4) is 0 Å². The van der Waals surface area contributed by atoms with Crippen LogP contribution in [0, 0.1) is 11.7 Å². The quantitative estimate of drug-likeness (QED) is 0.563. The zero-order valence-electron chi connectivity index (χ0n) is 11.8. The maximum absolute atomic E-state index is 13.5. The molecule has 0 N–H and O–H groups in total. The minimum atomic E-state index is -0.318. The molecule has 0 spiro atoms. The van der Waals surface area contributed by atoms with Gasteiger partial charge in [0.05, 0.1) is 17.0 Å². The van der Waals surface area contributed by atoms with Gasteiger partial charge in [-0.3, -0.25) is 0 Å². The van der Waals surface area contributed by atoms with Crippen molar-refractivity contribution in [3.05, 3.63) is 28.0 Å². The molecule has 0 aliphatic heterocycles. The normalized spacial score (nSPS) is 18.0. The Hall–Kier alpha value is -0.280. The van der Waals surface area contributed by atoms with Crippen LogP contribution in [0.5, 0.6) is 5.75 Å². The van der Waals surface area contributed by atoms with E-state index in [0.29, 0.717) is 10.2 Å². The van der Waals surface area contributed by atoms with E-state index in [0.717, 1.165) is 24.3 Å². The second-order valence-electron chi connectivity index (χ2n) is 5.56. The Balaban J connectivity index is 2.00. The third-order valence-corrected chi connectivity index (χ3v) is 5.22. The molecule has 20 heavy (non-hydrogen) atoms. The fourth-order valence-corrected chi connectivity index (χ4v) is 3.64. The predicted octanol–water partition coefficient (Wildman–Crippen LogP) is 6.24. The van der Waals surface area contributed by atoms with E-state index in [1.54, 1.807) is 13.2 Å². The molecule has 0 radical (unpaired) electrons. The molecule has 0 heterocycles. The summed E-state index contributed by atoms with van der Waals surface area (Å²) in [6, 6.07) is 3.14. The van der Waals surface area contributed by atoms with Gasteiger partial charge in [0.1, 0.15) is 11.6 Å². The Morgan fingerprint density at radius 3 is 2.70 bits per heavy atom. The van der Waals surface area contributed by atoms with Gasteiger partial charge >= 0.3 is 0 Å². The molecule has 0 aromatic heterocycles. The minimum absolute atomic E-state index is 0.122. The van der Waals surface area contributed by atoms with E-state index < -0.39 is 0 Å². The molecule has 0 amide bonds. The number of hydrogen-bond donors (Lipinski definition) is 0. The van der Waals surface area contributed by atoms with Crippen LogP contribution in [-0.4, -0.2) is 7.11 Å². The van der Waals surface area contributed by atoms with Crippen LogP contribution >= 0.6 is 27.5 Å². The second-order valence-corrected chi connectivity index (χ2v) is 6.94. The Morgan fingerprint density at radius 2 is 2.05 bits per heavy atom. The number of ether oxygens (including phenoxy) is 1. The summed E-state index contributed by atoms with van der Waals surface area (Å²) in [5.41, 5.74) is 0.873. The van der Waals surface area contributed by atoms with Gasteiger partial charge in [-0.25, -0.2) is 4.39 Å². The van der Waals surface area contributed by atoms with Gasteiger partial charge in [0.25, 0.3) is 0 Å². The third-order valence-electron chi connectivity index (χ3n) is 4.16. The lowest BCUT2D eigenvalue weighted by molar-refractivity contribution is 0.330. The fourth-order valence-electron chi connectivity index (χ4n) is 2.98. The van der Waals surface area contributed by atoms with E-state index in [4.69, 9.17) is 16.3 Å². The van der Waals surface area contributed by atoms with Crippen molar-refractivity contribution in [2.75, 3.05) is 7.11 Å². The lowest BCUT2D eigenvalue weighted by atomic mass is 9.85. The number of hydrogen-bond acceptors (Lipinski definition) is 1. The topological polar surface area (TPSA) is 9.23 Å². The molecule has 1 aliphatic rings. The average molecular weight is 364 g/mol. The van der Waals surface area contributed by atoms with Gasteiger partial charge in [0.2, 0.25) is 0 Å². The number of rotatable bonds is 5. The number of benzene rings is 1. The van der Waals surface area contributed by atoms with Crippen LogP contribution < -0.4 is 4.74 Å². The number of methoxy groups -OCH3 is 1. The predicted molar refractivity (Wildman–Crippen MR) is 85.1 cm³/mol.